The molecule has 0 aliphatic rings. The van der Waals surface area contributed by atoms with Gasteiger partial charge in [0.05, 0.1) is 18.8 Å². The molecular weight excluding hydrogens is 352 g/mol. The minimum atomic E-state index is -0.393. The molecule has 0 aromatic heterocycles. The molecule has 4 heteroatoms. The first kappa shape index (κ1) is 19.5. The molecule has 0 aliphatic carbocycles. The van der Waals surface area contributed by atoms with Crippen molar-refractivity contribution in [3.63, 3.8) is 0 Å². The maximum atomic E-state index is 12.5. The molecule has 0 bridgehead atoms. The molecule has 0 fully saturated rings. The van der Waals surface area contributed by atoms with Crippen LogP contribution in [0.2, 0.25) is 0 Å². The number of rotatable bonds is 9. The Morgan fingerprint density at radius 1 is 0.893 bits per heavy atom. The monoisotopic (exact) mass is 376 g/mol. The molecule has 3 aromatic rings. The van der Waals surface area contributed by atoms with E-state index in [9.17, 15) is 4.79 Å². The van der Waals surface area contributed by atoms with Crippen LogP contribution in [0.15, 0.2) is 73.3 Å². The van der Waals surface area contributed by atoms with Gasteiger partial charge in [0.2, 0.25) is 0 Å². The van der Waals surface area contributed by atoms with Crippen LogP contribution in [0.1, 0.15) is 30.1 Å². The summed E-state index contributed by atoms with van der Waals surface area (Å²) in [7, 11) is 0. The molecule has 0 saturated heterocycles. The van der Waals surface area contributed by atoms with Crippen molar-refractivity contribution in [2.45, 2.75) is 19.8 Å². The highest BCUT2D eigenvalue weighted by Crippen LogP contribution is 2.24. The summed E-state index contributed by atoms with van der Waals surface area (Å²) >= 11 is 0. The van der Waals surface area contributed by atoms with E-state index in [4.69, 9.17) is 14.2 Å². The largest absolute Gasteiger partial charge is 0.494 e. The molecule has 0 unspecified atom stereocenters. The summed E-state index contributed by atoms with van der Waals surface area (Å²) in [5, 5.41) is 1.97. The first-order valence-electron chi connectivity index (χ1n) is 9.42. The first-order chi connectivity index (χ1) is 13.7. The summed E-state index contributed by atoms with van der Waals surface area (Å²) in [6.45, 7) is 6.88. The molecule has 4 nitrogen and oxygen atoms in total. The second-order valence-electron chi connectivity index (χ2n) is 6.30. The van der Waals surface area contributed by atoms with Crippen molar-refractivity contribution in [1.29, 1.82) is 0 Å². The normalized spacial score (nSPS) is 10.5. The molecule has 0 aliphatic heterocycles. The van der Waals surface area contributed by atoms with E-state index < -0.39 is 5.97 Å². The molecule has 0 N–H and O–H groups in total. The van der Waals surface area contributed by atoms with Gasteiger partial charge in [0.1, 0.15) is 17.2 Å². The molecule has 0 amide bonds. The average molecular weight is 376 g/mol. The third kappa shape index (κ3) is 5.13. The second kappa shape index (κ2) is 9.60. The quantitative estimate of drug-likeness (QED) is 0.205. The third-order valence-electron chi connectivity index (χ3n) is 4.21. The van der Waals surface area contributed by atoms with Crippen LogP contribution < -0.4 is 14.2 Å². The van der Waals surface area contributed by atoms with Crippen molar-refractivity contribution in [3.05, 3.63) is 78.9 Å². The van der Waals surface area contributed by atoms with Gasteiger partial charge in [-0.3, -0.25) is 0 Å². The van der Waals surface area contributed by atoms with Crippen LogP contribution in [0.5, 0.6) is 17.2 Å². The fourth-order valence-electron chi connectivity index (χ4n) is 2.79. The van der Waals surface area contributed by atoms with Gasteiger partial charge in [-0.15, -0.1) is 6.58 Å². The van der Waals surface area contributed by atoms with Crippen LogP contribution in [0, 0.1) is 0 Å². The Balaban J connectivity index is 1.67. The molecule has 0 heterocycles. The van der Waals surface area contributed by atoms with Gasteiger partial charge in [-0.25, -0.2) is 4.79 Å². The number of carbonyl (C=O) groups is 1. The van der Waals surface area contributed by atoms with Crippen LogP contribution >= 0.6 is 0 Å². The number of hydrogen-bond donors (Lipinski definition) is 0. The van der Waals surface area contributed by atoms with Gasteiger partial charge in [-0.1, -0.05) is 18.2 Å². The van der Waals surface area contributed by atoms with E-state index in [0.717, 1.165) is 35.1 Å². The van der Waals surface area contributed by atoms with Crippen molar-refractivity contribution >= 4 is 16.7 Å². The highest BCUT2D eigenvalue weighted by atomic mass is 16.5. The van der Waals surface area contributed by atoms with Crippen molar-refractivity contribution in [1.82, 2.24) is 0 Å². The van der Waals surface area contributed by atoms with Crippen LogP contribution in [-0.2, 0) is 0 Å². The Hall–Kier alpha value is -3.27. The molecular formula is C24H24O4. The molecule has 3 aromatic carbocycles. The van der Waals surface area contributed by atoms with Gasteiger partial charge < -0.3 is 14.2 Å². The standard InChI is InChI=1S/C24H24O4/c1-3-5-6-15-27-23-10-9-18-16-20(8-7-19(18)17-23)24(25)28-22-13-11-21(12-14-22)26-4-2/h3,7-14,16-17H,1,4-6,15H2,2H3. The molecule has 0 radical (unpaired) electrons. The maximum Gasteiger partial charge on any atom is 0.343 e. The molecule has 3 rings (SSSR count). The molecule has 28 heavy (non-hydrogen) atoms. The number of hydrogen-bond acceptors (Lipinski definition) is 4. The number of carbonyl (C=O) groups excluding carboxylic acids is 1. The lowest BCUT2D eigenvalue weighted by atomic mass is 10.1. The van der Waals surface area contributed by atoms with Crippen LogP contribution in [0.3, 0.4) is 0 Å². The van der Waals surface area contributed by atoms with E-state index in [2.05, 4.69) is 6.58 Å². The van der Waals surface area contributed by atoms with E-state index in [1.165, 1.54) is 0 Å². The molecule has 0 spiro atoms. The van der Waals surface area contributed by atoms with Gasteiger partial charge in [0, 0.05) is 0 Å². The smallest absolute Gasteiger partial charge is 0.343 e. The van der Waals surface area contributed by atoms with Crippen molar-refractivity contribution in [2.75, 3.05) is 13.2 Å². The van der Waals surface area contributed by atoms with Gasteiger partial charge in [0.25, 0.3) is 0 Å². The zero-order valence-corrected chi connectivity index (χ0v) is 16.0. The summed E-state index contributed by atoms with van der Waals surface area (Å²) in [6, 6.07) is 18.3. The fourth-order valence-corrected chi connectivity index (χ4v) is 2.79. The lowest BCUT2D eigenvalue weighted by Gasteiger charge is -2.09. The molecule has 0 saturated carbocycles. The minimum Gasteiger partial charge on any atom is -0.494 e. The van der Waals surface area contributed by atoms with E-state index in [-0.39, 0.29) is 0 Å². The number of unbranched alkanes of at least 4 members (excludes halogenated alkanes) is 1. The number of allylic oxidation sites excluding steroid dienone is 1. The Labute approximate surface area is 165 Å². The summed E-state index contributed by atoms with van der Waals surface area (Å²) in [4.78, 5) is 12.5. The van der Waals surface area contributed by atoms with Gasteiger partial charge in [-0.2, -0.15) is 0 Å². The van der Waals surface area contributed by atoms with E-state index >= 15 is 0 Å². The zero-order chi connectivity index (χ0) is 19.8. The number of fused-ring (bicyclic) bond motifs is 1. The lowest BCUT2D eigenvalue weighted by molar-refractivity contribution is 0.0734. The Morgan fingerprint density at radius 2 is 1.57 bits per heavy atom. The average Bonchev–Trinajstić information content (AvgIpc) is 2.72. The lowest BCUT2D eigenvalue weighted by Crippen LogP contribution is -2.08. The Bertz CT molecular complexity index is 944. The molecule has 144 valence electrons. The van der Waals surface area contributed by atoms with E-state index in [1.54, 1.807) is 30.3 Å². The third-order valence-corrected chi connectivity index (χ3v) is 4.21. The minimum absolute atomic E-state index is 0.393. The topological polar surface area (TPSA) is 44.8 Å². The summed E-state index contributed by atoms with van der Waals surface area (Å²) in [6.07, 6.45) is 3.77. The fraction of sp³-hybridized carbons (Fsp3) is 0.208. The van der Waals surface area contributed by atoms with Crippen LogP contribution in [0.25, 0.3) is 10.8 Å². The Morgan fingerprint density at radius 3 is 2.32 bits per heavy atom. The first-order valence-corrected chi connectivity index (χ1v) is 9.42. The number of benzene rings is 3. The summed E-state index contributed by atoms with van der Waals surface area (Å²) in [5.41, 5.74) is 0.501. The SMILES string of the molecule is C=CCCCOc1ccc2cc(C(=O)Oc3ccc(OCC)cc3)ccc2c1. The predicted octanol–water partition coefficient (Wildman–Crippen LogP) is 5.80. The number of esters is 1. The maximum absolute atomic E-state index is 12.5. The Kier molecular flexibility index (Phi) is 6.68. The van der Waals surface area contributed by atoms with Crippen molar-refractivity contribution in [2.24, 2.45) is 0 Å². The summed E-state index contributed by atoms with van der Waals surface area (Å²) < 4.78 is 16.6. The van der Waals surface area contributed by atoms with Gasteiger partial charge >= 0.3 is 5.97 Å². The van der Waals surface area contributed by atoms with Gasteiger partial charge in [-0.05, 0) is 79.1 Å². The van der Waals surface area contributed by atoms with E-state index in [1.807, 2.05) is 43.3 Å². The molecule has 0 atom stereocenters. The van der Waals surface area contributed by atoms with Gasteiger partial charge in [0.15, 0.2) is 0 Å². The highest BCUT2D eigenvalue weighted by Gasteiger charge is 2.10. The van der Waals surface area contributed by atoms with Crippen molar-refractivity contribution in [3.8, 4) is 17.2 Å². The summed E-state index contributed by atoms with van der Waals surface area (Å²) in [5.74, 6) is 1.66. The number of ether oxygens (including phenoxy) is 3. The predicted molar refractivity (Wildman–Crippen MR) is 111 cm³/mol. The van der Waals surface area contributed by atoms with E-state index in [0.29, 0.717) is 24.5 Å². The zero-order valence-electron chi connectivity index (χ0n) is 16.0. The van der Waals surface area contributed by atoms with Crippen LogP contribution in [0.4, 0.5) is 0 Å². The second-order valence-corrected chi connectivity index (χ2v) is 6.30. The highest BCUT2D eigenvalue weighted by molar-refractivity contribution is 5.96. The van der Waals surface area contributed by atoms with Crippen LogP contribution in [-0.4, -0.2) is 19.2 Å². The van der Waals surface area contributed by atoms with Crippen molar-refractivity contribution < 1.29 is 19.0 Å².